The van der Waals surface area contributed by atoms with Gasteiger partial charge in [0.05, 0.1) is 17.2 Å². The van der Waals surface area contributed by atoms with Crippen LogP contribution in [0.4, 0.5) is 0 Å². The molecule has 1 aliphatic rings. The zero-order valence-electron chi connectivity index (χ0n) is 17.4. The highest BCUT2D eigenvalue weighted by Crippen LogP contribution is 2.33. The number of aromatic nitrogens is 3. The molecule has 1 aliphatic carbocycles. The Morgan fingerprint density at radius 1 is 1.14 bits per heavy atom. The highest BCUT2D eigenvalue weighted by atomic mass is 16.2. The van der Waals surface area contributed by atoms with Crippen molar-refractivity contribution in [1.29, 1.82) is 0 Å². The van der Waals surface area contributed by atoms with Crippen molar-refractivity contribution in [3.63, 3.8) is 0 Å². The minimum Gasteiger partial charge on any atom is -0.340 e. The maximum absolute atomic E-state index is 12.9. The zero-order chi connectivity index (χ0) is 20.5. The van der Waals surface area contributed by atoms with Crippen molar-refractivity contribution in [3.05, 3.63) is 46.1 Å². The van der Waals surface area contributed by atoms with Crippen LogP contribution in [-0.2, 0) is 0 Å². The average Bonchev–Trinajstić information content (AvgIpc) is 3.18. The number of nitrogens with one attached hydrogen (secondary N) is 1. The molecular weight excluding hydrogens is 366 g/mol. The Morgan fingerprint density at radius 2 is 1.90 bits per heavy atom. The summed E-state index contributed by atoms with van der Waals surface area (Å²) >= 11 is 0. The third-order valence-electron chi connectivity index (χ3n) is 5.96. The number of likely N-dealkylation sites (N-methyl/N-ethyl adjacent to an activating group) is 2. The molecule has 0 bridgehead atoms. The first-order chi connectivity index (χ1) is 14.0. The van der Waals surface area contributed by atoms with Crippen LogP contribution in [-0.4, -0.2) is 64.3 Å². The van der Waals surface area contributed by atoms with E-state index in [1.807, 2.05) is 37.7 Å². The summed E-state index contributed by atoms with van der Waals surface area (Å²) in [5, 5.41) is 0. The number of rotatable bonds is 5. The molecule has 0 aliphatic heterocycles. The SMILES string of the molecule is CN(C)CCN(C)C(=O)c1ccc2[nH]c(=O)c3cnc(C4CCCCC4)n3c2c1. The second-order valence-electron chi connectivity index (χ2n) is 8.39. The van der Waals surface area contributed by atoms with E-state index in [0.29, 0.717) is 23.5 Å². The lowest BCUT2D eigenvalue weighted by molar-refractivity contribution is 0.0786. The standard InChI is InChI=1S/C22H29N5O2/c1-25(2)11-12-26(3)22(29)16-9-10-17-18(13-16)27-19(21(28)24-17)14-23-20(27)15-7-5-4-6-8-15/h9-10,13-15H,4-8,11-12H2,1-3H3,(H,24,28). The van der Waals surface area contributed by atoms with Crippen molar-refractivity contribution in [2.24, 2.45) is 0 Å². The molecule has 1 N–H and O–H groups in total. The first kappa shape index (κ1) is 19.6. The topological polar surface area (TPSA) is 73.7 Å². The van der Waals surface area contributed by atoms with E-state index in [0.717, 1.165) is 36.2 Å². The van der Waals surface area contributed by atoms with E-state index in [9.17, 15) is 9.59 Å². The van der Waals surface area contributed by atoms with Crippen molar-refractivity contribution in [2.75, 3.05) is 34.2 Å². The summed E-state index contributed by atoms with van der Waals surface area (Å²) in [6.45, 7) is 1.46. The van der Waals surface area contributed by atoms with Crippen LogP contribution in [0.15, 0.2) is 29.2 Å². The predicted octanol–water partition coefficient (Wildman–Crippen LogP) is 2.86. The van der Waals surface area contributed by atoms with Crippen molar-refractivity contribution >= 4 is 22.5 Å². The van der Waals surface area contributed by atoms with E-state index in [1.54, 1.807) is 17.2 Å². The Kier molecular flexibility index (Phi) is 5.41. The number of imidazole rings is 1. The first-order valence-electron chi connectivity index (χ1n) is 10.4. The third-order valence-corrected chi connectivity index (χ3v) is 5.96. The molecule has 0 radical (unpaired) electrons. The van der Waals surface area contributed by atoms with Gasteiger partial charge in [0.2, 0.25) is 0 Å². The highest BCUT2D eigenvalue weighted by Gasteiger charge is 2.22. The lowest BCUT2D eigenvalue weighted by atomic mass is 9.88. The number of nitrogens with zero attached hydrogens (tertiary/aromatic N) is 4. The van der Waals surface area contributed by atoms with Crippen LogP contribution in [0, 0.1) is 0 Å². The molecule has 3 aromatic rings. The zero-order valence-corrected chi connectivity index (χ0v) is 17.4. The van der Waals surface area contributed by atoms with Gasteiger partial charge < -0.3 is 14.8 Å². The molecule has 154 valence electrons. The van der Waals surface area contributed by atoms with Crippen LogP contribution in [0.1, 0.15) is 54.2 Å². The fourth-order valence-corrected chi connectivity index (χ4v) is 4.24. The fraction of sp³-hybridized carbons (Fsp3) is 0.500. The molecule has 1 fully saturated rings. The van der Waals surface area contributed by atoms with Gasteiger partial charge in [-0.05, 0) is 45.1 Å². The molecule has 2 heterocycles. The summed E-state index contributed by atoms with van der Waals surface area (Å²) in [7, 11) is 5.81. The normalized spacial score (nSPS) is 15.4. The summed E-state index contributed by atoms with van der Waals surface area (Å²) in [6.07, 6.45) is 7.51. The molecule has 0 atom stereocenters. The lowest BCUT2D eigenvalue weighted by Crippen LogP contribution is -2.33. The van der Waals surface area contributed by atoms with Crippen molar-refractivity contribution in [1.82, 2.24) is 24.2 Å². The summed E-state index contributed by atoms with van der Waals surface area (Å²) in [5.74, 6) is 1.28. The van der Waals surface area contributed by atoms with Gasteiger partial charge in [-0.15, -0.1) is 0 Å². The number of hydrogen-bond acceptors (Lipinski definition) is 4. The minimum absolute atomic E-state index is 0.0209. The molecule has 2 aromatic heterocycles. The Morgan fingerprint density at radius 3 is 2.62 bits per heavy atom. The third kappa shape index (κ3) is 3.79. The highest BCUT2D eigenvalue weighted by molar-refractivity contribution is 5.97. The van der Waals surface area contributed by atoms with E-state index in [2.05, 4.69) is 14.9 Å². The Balaban J connectivity index is 1.79. The molecule has 0 unspecified atom stereocenters. The van der Waals surface area contributed by atoms with Crippen LogP contribution < -0.4 is 5.56 Å². The van der Waals surface area contributed by atoms with Gasteiger partial charge in [0, 0.05) is 31.6 Å². The smallest absolute Gasteiger partial charge is 0.274 e. The number of carbonyl (C=O) groups excluding carboxylic acids is 1. The minimum atomic E-state index is -0.144. The summed E-state index contributed by atoms with van der Waals surface area (Å²) in [6, 6.07) is 5.50. The molecule has 29 heavy (non-hydrogen) atoms. The second kappa shape index (κ2) is 7.99. The van der Waals surface area contributed by atoms with Gasteiger partial charge in [-0.1, -0.05) is 19.3 Å². The molecule has 1 aromatic carbocycles. The van der Waals surface area contributed by atoms with E-state index < -0.39 is 0 Å². The van der Waals surface area contributed by atoms with Crippen molar-refractivity contribution in [3.8, 4) is 0 Å². The van der Waals surface area contributed by atoms with Crippen molar-refractivity contribution in [2.45, 2.75) is 38.0 Å². The summed E-state index contributed by atoms with van der Waals surface area (Å²) in [5.41, 5.74) is 2.59. The molecule has 0 saturated heterocycles. The first-order valence-corrected chi connectivity index (χ1v) is 10.4. The summed E-state index contributed by atoms with van der Waals surface area (Å²) in [4.78, 5) is 36.9. The Bertz CT molecular complexity index is 1090. The number of H-pyrrole nitrogens is 1. The summed E-state index contributed by atoms with van der Waals surface area (Å²) < 4.78 is 1.97. The Hall–Kier alpha value is -2.67. The van der Waals surface area contributed by atoms with Gasteiger partial charge in [-0.25, -0.2) is 4.98 Å². The number of carbonyl (C=O) groups is 1. The van der Waals surface area contributed by atoms with Crippen LogP contribution >= 0.6 is 0 Å². The number of benzene rings is 1. The van der Waals surface area contributed by atoms with Gasteiger partial charge >= 0.3 is 0 Å². The monoisotopic (exact) mass is 395 g/mol. The second-order valence-corrected chi connectivity index (χ2v) is 8.39. The van der Waals surface area contributed by atoms with Gasteiger partial charge in [0.25, 0.3) is 11.5 Å². The van der Waals surface area contributed by atoms with Crippen molar-refractivity contribution < 1.29 is 4.79 Å². The Labute approximate surface area is 170 Å². The number of aromatic amines is 1. The molecule has 7 nitrogen and oxygen atoms in total. The quantitative estimate of drug-likeness (QED) is 0.721. The van der Waals surface area contributed by atoms with Gasteiger partial charge in [-0.3, -0.25) is 14.0 Å². The van der Waals surface area contributed by atoms with Gasteiger partial charge in [-0.2, -0.15) is 0 Å². The molecule has 7 heteroatoms. The number of amides is 1. The van der Waals surface area contributed by atoms with E-state index in [1.165, 1.54) is 19.3 Å². The van der Waals surface area contributed by atoms with Crippen LogP contribution in [0.25, 0.3) is 16.6 Å². The fourth-order valence-electron chi connectivity index (χ4n) is 4.24. The van der Waals surface area contributed by atoms with Crippen LogP contribution in [0.5, 0.6) is 0 Å². The largest absolute Gasteiger partial charge is 0.340 e. The number of hydrogen-bond donors (Lipinski definition) is 1. The van der Waals surface area contributed by atoms with Crippen LogP contribution in [0.2, 0.25) is 0 Å². The lowest BCUT2D eigenvalue weighted by Gasteiger charge is -2.21. The molecule has 1 saturated carbocycles. The number of fused-ring (bicyclic) bond motifs is 3. The van der Waals surface area contributed by atoms with Gasteiger partial charge in [0.15, 0.2) is 0 Å². The molecule has 0 spiro atoms. The van der Waals surface area contributed by atoms with E-state index in [-0.39, 0.29) is 11.5 Å². The van der Waals surface area contributed by atoms with Gasteiger partial charge in [0.1, 0.15) is 11.3 Å². The molecule has 4 rings (SSSR count). The van der Waals surface area contributed by atoms with E-state index in [4.69, 9.17) is 0 Å². The van der Waals surface area contributed by atoms with Crippen LogP contribution in [0.3, 0.4) is 0 Å². The molecular formula is C22H29N5O2. The maximum Gasteiger partial charge on any atom is 0.274 e. The molecule has 1 amide bonds. The van der Waals surface area contributed by atoms with E-state index >= 15 is 0 Å². The maximum atomic E-state index is 12.9. The average molecular weight is 396 g/mol. The predicted molar refractivity (Wildman–Crippen MR) is 115 cm³/mol.